The van der Waals surface area contributed by atoms with E-state index in [0.29, 0.717) is 6.54 Å². The predicted octanol–water partition coefficient (Wildman–Crippen LogP) is 0.460. The van der Waals surface area contributed by atoms with E-state index >= 15 is 0 Å². The van der Waals surface area contributed by atoms with Gasteiger partial charge in [-0.15, -0.1) is 0 Å². The van der Waals surface area contributed by atoms with E-state index in [2.05, 4.69) is 0 Å². The molecule has 1 saturated heterocycles. The van der Waals surface area contributed by atoms with Crippen molar-refractivity contribution in [1.29, 1.82) is 0 Å². The first-order valence-electron chi connectivity index (χ1n) is 5.90. The largest absolute Gasteiger partial charge is 0.367 e. The van der Waals surface area contributed by atoms with Crippen LogP contribution in [0.15, 0.2) is 30.3 Å². The third-order valence-electron chi connectivity index (χ3n) is 3.09. The van der Waals surface area contributed by atoms with Crippen LogP contribution in [-0.2, 0) is 14.3 Å². The van der Waals surface area contributed by atoms with Crippen molar-refractivity contribution in [3.05, 3.63) is 35.9 Å². The molecule has 0 radical (unpaired) electrons. The fraction of sp³-hybridized carbons (Fsp3) is 0.385. The number of amides is 2. The zero-order chi connectivity index (χ0) is 13.1. The summed E-state index contributed by atoms with van der Waals surface area (Å²) in [5.74, 6) is -0.668. The molecule has 1 aliphatic heterocycles. The average Bonchev–Trinajstić information content (AvgIpc) is 2.39. The predicted molar refractivity (Wildman–Crippen MR) is 65.5 cm³/mol. The number of rotatable bonds is 3. The minimum atomic E-state index is -0.787. The number of benzene rings is 1. The monoisotopic (exact) mass is 248 g/mol. The summed E-state index contributed by atoms with van der Waals surface area (Å²) in [6.07, 6.45) is -0.787. The Labute approximate surface area is 106 Å². The number of hydrogen-bond acceptors (Lipinski definition) is 3. The molecule has 1 heterocycles. The zero-order valence-electron chi connectivity index (χ0n) is 10.2. The molecule has 2 amide bonds. The van der Waals surface area contributed by atoms with Crippen molar-refractivity contribution in [3.8, 4) is 0 Å². The number of ether oxygens (including phenoxy) is 1. The second kappa shape index (κ2) is 5.18. The van der Waals surface area contributed by atoms with Crippen molar-refractivity contribution >= 4 is 11.8 Å². The molecule has 0 bridgehead atoms. The Hall–Kier alpha value is -1.88. The Balaban J connectivity index is 2.40. The Bertz CT molecular complexity index is 445. The maximum atomic E-state index is 11.8. The number of likely N-dealkylation sites (N-methyl/N-ethyl adjacent to an activating group) is 1. The van der Waals surface area contributed by atoms with E-state index in [1.54, 1.807) is 4.90 Å². The number of primary amides is 1. The first-order valence-corrected chi connectivity index (χ1v) is 5.90. The van der Waals surface area contributed by atoms with Crippen LogP contribution in [0.1, 0.15) is 18.5 Å². The van der Waals surface area contributed by atoms with Crippen LogP contribution in [0.25, 0.3) is 0 Å². The average molecular weight is 248 g/mol. The molecule has 1 aromatic rings. The normalized spacial score (nSPS) is 24.1. The molecule has 18 heavy (non-hydrogen) atoms. The van der Waals surface area contributed by atoms with Crippen LogP contribution < -0.4 is 5.73 Å². The highest BCUT2D eigenvalue weighted by Gasteiger charge is 2.39. The molecule has 2 N–H and O–H groups in total. The number of carbonyl (C=O) groups is 2. The van der Waals surface area contributed by atoms with Crippen molar-refractivity contribution in [2.75, 3.05) is 13.2 Å². The zero-order valence-corrected chi connectivity index (χ0v) is 10.2. The van der Waals surface area contributed by atoms with E-state index in [1.807, 2.05) is 37.3 Å². The van der Waals surface area contributed by atoms with E-state index in [0.717, 1.165) is 5.56 Å². The van der Waals surface area contributed by atoms with Gasteiger partial charge in [-0.2, -0.15) is 0 Å². The summed E-state index contributed by atoms with van der Waals surface area (Å²) in [5, 5.41) is 0. The van der Waals surface area contributed by atoms with Crippen molar-refractivity contribution in [3.63, 3.8) is 0 Å². The molecule has 2 atom stereocenters. The lowest BCUT2D eigenvalue weighted by atomic mass is 9.97. The SMILES string of the molecule is CCN1C(=O)CO[C@@H](C(N)=O)[C@@H]1c1ccccc1. The molecule has 0 unspecified atom stereocenters. The quantitative estimate of drug-likeness (QED) is 0.844. The van der Waals surface area contributed by atoms with Crippen LogP contribution >= 0.6 is 0 Å². The Morgan fingerprint density at radius 1 is 1.44 bits per heavy atom. The molecule has 0 aliphatic carbocycles. The second-order valence-corrected chi connectivity index (χ2v) is 4.17. The molecule has 1 fully saturated rings. The van der Waals surface area contributed by atoms with Crippen LogP contribution in [0.3, 0.4) is 0 Å². The van der Waals surface area contributed by atoms with Crippen LogP contribution in [0, 0.1) is 0 Å². The van der Waals surface area contributed by atoms with Gasteiger partial charge in [0.1, 0.15) is 6.61 Å². The van der Waals surface area contributed by atoms with Gasteiger partial charge in [0.2, 0.25) is 11.8 Å². The van der Waals surface area contributed by atoms with Gasteiger partial charge < -0.3 is 15.4 Å². The Morgan fingerprint density at radius 2 is 2.11 bits per heavy atom. The minimum absolute atomic E-state index is 0.0925. The van der Waals surface area contributed by atoms with Crippen molar-refractivity contribution in [2.24, 2.45) is 5.73 Å². The summed E-state index contributed by atoms with van der Waals surface area (Å²) < 4.78 is 5.29. The molecule has 0 spiro atoms. The fourth-order valence-electron chi connectivity index (χ4n) is 2.27. The van der Waals surface area contributed by atoms with E-state index in [1.165, 1.54) is 0 Å². The summed E-state index contributed by atoms with van der Waals surface area (Å²) >= 11 is 0. The topological polar surface area (TPSA) is 72.6 Å². The van der Waals surface area contributed by atoms with E-state index in [-0.39, 0.29) is 12.5 Å². The lowest BCUT2D eigenvalue weighted by molar-refractivity contribution is -0.162. The highest BCUT2D eigenvalue weighted by molar-refractivity contribution is 5.85. The summed E-state index contributed by atoms with van der Waals surface area (Å²) in [4.78, 5) is 24.9. The number of carbonyl (C=O) groups excluding carboxylic acids is 2. The summed E-state index contributed by atoms with van der Waals surface area (Å²) in [7, 11) is 0. The molecule has 1 aliphatic rings. The van der Waals surface area contributed by atoms with Gasteiger partial charge >= 0.3 is 0 Å². The number of morpholine rings is 1. The Morgan fingerprint density at radius 3 is 2.67 bits per heavy atom. The van der Waals surface area contributed by atoms with E-state index < -0.39 is 18.1 Å². The molecule has 96 valence electrons. The van der Waals surface area contributed by atoms with Gasteiger partial charge in [-0.25, -0.2) is 0 Å². The van der Waals surface area contributed by atoms with Gasteiger partial charge in [-0.3, -0.25) is 9.59 Å². The molecular weight excluding hydrogens is 232 g/mol. The summed E-state index contributed by atoms with van der Waals surface area (Å²) in [6.45, 7) is 2.30. The first kappa shape index (κ1) is 12.6. The molecule has 0 aromatic heterocycles. The van der Waals surface area contributed by atoms with Crippen LogP contribution in [-0.4, -0.2) is 36.0 Å². The third-order valence-corrected chi connectivity index (χ3v) is 3.09. The van der Waals surface area contributed by atoms with Crippen molar-refractivity contribution < 1.29 is 14.3 Å². The van der Waals surface area contributed by atoms with Crippen LogP contribution in [0.5, 0.6) is 0 Å². The van der Waals surface area contributed by atoms with E-state index in [4.69, 9.17) is 10.5 Å². The fourth-order valence-corrected chi connectivity index (χ4v) is 2.27. The standard InChI is InChI=1S/C13H16N2O3/c1-2-15-10(16)8-18-12(13(14)17)11(15)9-6-4-3-5-7-9/h3-7,11-12H,2,8H2,1H3,(H2,14,17)/t11-,12+/m0/s1. The third kappa shape index (κ3) is 2.22. The number of hydrogen-bond donors (Lipinski definition) is 1. The number of nitrogens with two attached hydrogens (primary N) is 1. The molecular formula is C13H16N2O3. The van der Waals surface area contributed by atoms with Crippen LogP contribution in [0.2, 0.25) is 0 Å². The minimum Gasteiger partial charge on any atom is -0.367 e. The van der Waals surface area contributed by atoms with Gasteiger partial charge in [-0.05, 0) is 12.5 Å². The molecule has 2 rings (SSSR count). The van der Waals surface area contributed by atoms with Gasteiger partial charge in [-0.1, -0.05) is 30.3 Å². The summed E-state index contributed by atoms with van der Waals surface area (Å²) in [6, 6.07) is 8.90. The molecule has 5 nitrogen and oxygen atoms in total. The smallest absolute Gasteiger partial charge is 0.249 e. The maximum absolute atomic E-state index is 11.8. The first-order chi connectivity index (χ1) is 8.65. The van der Waals surface area contributed by atoms with Gasteiger partial charge in [0.15, 0.2) is 6.10 Å². The second-order valence-electron chi connectivity index (χ2n) is 4.17. The number of nitrogens with zero attached hydrogens (tertiary/aromatic N) is 1. The molecule has 5 heteroatoms. The van der Waals surface area contributed by atoms with Crippen LogP contribution in [0.4, 0.5) is 0 Å². The van der Waals surface area contributed by atoms with Gasteiger partial charge in [0.05, 0.1) is 6.04 Å². The van der Waals surface area contributed by atoms with Gasteiger partial charge in [0.25, 0.3) is 0 Å². The van der Waals surface area contributed by atoms with Crippen molar-refractivity contribution in [1.82, 2.24) is 4.90 Å². The molecule has 0 saturated carbocycles. The lowest BCUT2D eigenvalue weighted by Crippen LogP contribution is -2.53. The van der Waals surface area contributed by atoms with Gasteiger partial charge in [0, 0.05) is 6.54 Å². The molecule has 1 aromatic carbocycles. The highest BCUT2D eigenvalue weighted by atomic mass is 16.5. The van der Waals surface area contributed by atoms with Crippen molar-refractivity contribution in [2.45, 2.75) is 19.1 Å². The Kier molecular flexibility index (Phi) is 3.62. The van der Waals surface area contributed by atoms with E-state index in [9.17, 15) is 9.59 Å². The maximum Gasteiger partial charge on any atom is 0.249 e. The summed E-state index contributed by atoms with van der Waals surface area (Å²) in [5.41, 5.74) is 6.21. The highest BCUT2D eigenvalue weighted by Crippen LogP contribution is 2.29. The lowest BCUT2D eigenvalue weighted by Gasteiger charge is -2.39.